The molecule has 1 aliphatic heterocycles. The van der Waals surface area contributed by atoms with Crippen molar-refractivity contribution in [1.82, 2.24) is 9.55 Å². The highest BCUT2D eigenvalue weighted by atomic mass is 16.6. The Kier molecular flexibility index (Phi) is 5.52. The number of hydrogen-bond donors (Lipinski definition) is 4. The number of aliphatic hydroxyl groups is 3. The first-order valence-electron chi connectivity index (χ1n) is 8.16. The van der Waals surface area contributed by atoms with Gasteiger partial charge in [0.1, 0.15) is 18.3 Å². The molecule has 0 bridgehead atoms. The minimum atomic E-state index is -1.44. The van der Waals surface area contributed by atoms with Crippen molar-refractivity contribution in [2.45, 2.75) is 31.0 Å². The number of ether oxygens (including phenoxy) is 2. The monoisotopic (exact) mass is 364 g/mol. The Morgan fingerprint density at radius 2 is 1.88 bits per heavy atom. The molecule has 1 aromatic heterocycles. The Bertz CT molecular complexity index is 848. The van der Waals surface area contributed by atoms with Gasteiger partial charge in [0.05, 0.1) is 19.4 Å². The highest BCUT2D eigenvalue weighted by molar-refractivity contribution is 5.16. The second-order valence-electron chi connectivity index (χ2n) is 5.97. The summed E-state index contributed by atoms with van der Waals surface area (Å²) in [6.45, 7) is -0.311. The first-order chi connectivity index (χ1) is 12.5. The van der Waals surface area contributed by atoms with E-state index in [4.69, 9.17) is 14.6 Å². The van der Waals surface area contributed by atoms with Crippen LogP contribution in [0.3, 0.4) is 0 Å². The largest absolute Gasteiger partial charge is 0.486 e. The molecule has 1 fully saturated rings. The van der Waals surface area contributed by atoms with Crippen LogP contribution in [0, 0.1) is 0 Å². The quantitative estimate of drug-likeness (QED) is 0.504. The fourth-order valence-electron chi connectivity index (χ4n) is 2.79. The summed E-state index contributed by atoms with van der Waals surface area (Å²) in [7, 11) is 0. The molecule has 2 heterocycles. The minimum Gasteiger partial charge on any atom is -0.486 e. The normalized spacial score (nSPS) is 25.3. The average molecular weight is 364 g/mol. The summed E-state index contributed by atoms with van der Waals surface area (Å²) in [6, 6.07) is 9.53. The van der Waals surface area contributed by atoms with Crippen molar-refractivity contribution in [3.63, 3.8) is 0 Å². The molecule has 0 amide bonds. The van der Waals surface area contributed by atoms with Crippen molar-refractivity contribution >= 4 is 0 Å². The summed E-state index contributed by atoms with van der Waals surface area (Å²) in [5.41, 5.74) is -0.494. The van der Waals surface area contributed by atoms with Crippen LogP contribution < -0.4 is 16.0 Å². The summed E-state index contributed by atoms with van der Waals surface area (Å²) in [4.78, 5) is 26.1. The second-order valence-corrected chi connectivity index (χ2v) is 5.97. The molecular weight excluding hydrogens is 344 g/mol. The Hall–Kier alpha value is -2.46. The van der Waals surface area contributed by atoms with Gasteiger partial charge < -0.3 is 24.8 Å². The van der Waals surface area contributed by atoms with Crippen LogP contribution in [0.15, 0.2) is 46.1 Å². The van der Waals surface area contributed by atoms with Crippen LogP contribution >= 0.6 is 0 Å². The molecule has 140 valence electrons. The molecule has 1 aromatic carbocycles. The molecule has 9 heteroatoms. The topological polar surface area (TPSA) is 134 Å². The van der Waals surface area contributed by atoms with Gasteiger partial charge in [-0.1, -0.05) is 30.3 Å². The average Bonchev–Trinajstić information content (AvgIpc) is 2.92. The first-order valence-corrected chi connectivity index (χ1v) is 8.16. The predicted molar refractivity (Wildman–Crippen MR) is 90.0 cm³/mol. The summed E-state index contributed by atoms with van der Waals surface area (Å²) < 4.78 is 11.7. The smallest absolute Gasteiger partial charge is 0.330 e. The molecular formula is C17H20N2O7. The van der Waals surface area contributed by atoms with Crippen molar-refractivity contribution < 1.29 is 24.8 Å². The summed E-state index contributed by atoms with van der Waals surface area (Å²) >= 11 is 0. The van der Waals surface area contributed by atoms with Crippen molar-refractivity contribution in [1.29, 1.82) is 0 Å². The number of rotatable bonds is 6. The van der Waals surface area contributed by atoms with Gasteiger partial charge in [-0.05, 0) is 5.56 Å². The van der Waals surface area contributed by atoms with Crippen molar-refractivity contribution in [2.75, 3.05) is 13.2 Å². The zero-order chi connectivity index (χ0) is 18.7. The van der Waals surface area contributed by atoms with Gasteiger partial charge in [-0.25, -0.2) is 4.79 Å². The Morgan fingerprint density at radius 3 is 2.54 bits per heavy atom. The molecule has 4 atom stereocenters. The molecule has 9 nitrogen and oxygen atoms in total. The lowest BCUT2D eigenvalue weighted by Gasteiger charge is -2.18. The van der Waals surface area contributed by atoms with E-state index in [2.05, 4.69) is 4.98 Å². The third-order valence-electron chi connectivity index (χ3n) is 4.22. The molecule has 26 heavy (non-hydrogen) atoms. The molecule has 0 spiro atoms. The number of H-pyrrole nitrogens is 1. The molecule has 0 unspecified atom stereocenters. The van der Waals surface area contributed by atoms with Gasteiger partial charge in [0.15, 0.2) is 6.23 Å². The Morgan fingerprint density at radius 1 is 1.15 bits per heavy atom. The number of hydrogen-bond acceptors (Lipinski definition) is 7. The van der Waals surface area contributed by atoms with Crippen LogP contribution in [-0.2, 0) is 11.2 Å². The van der Waals surface area contributed by atoms with Gasteiger partial charge >= 0.3 is 5.69 Å². The van der Waals surface area contributed by atoms with Gasteiger partial charge in [-0.15, -0.1) is 0 Å². The SMILES string of the molecule is O=c1[nH]c(=O)n([C@H]2O[C@@H](CO)[C@H](O)[C@@H]2O)cc1OCCc1ccccc1. The van der Waals surface area contributed by atoms with E-state index < -0.39 is 42.4 Å². The van der Waals surface area contributed by atoms with Crippen molar-refractivity contribution in [2.24, 2.45) is 0 Å². The molecule has 4 N–H and O–H groups in total. The van der Waals surface area contributed by atoms with Gasteiger partial charge in [-0.3, -0.25) is 14.3 Å². The van der Waals surface area contributed by atoms with Crippen LogP contribution in [0.4, 0.5) is 0 Å². The maximum Gasteiger partial charge on any atom is 0.330 e. The molecule has 2 aromatic rings. The van der Waals surface area contributed by atoms with Crippen LogP contribution in [0.25, 0.3) is 0 Å². The number of benzene rings is 1. The van der Waals surface area contributed by atoms with E-state index >= 15 is 0 Å². The van der Waals surface area contributed by atoms with Crippen LogP contribution in [0.5, 0.6) is 5.75 Å². The van der Waals surface area contributed by atoms with Crippen molar-refractivity contribution in [3.05, 3.63) is 62.9 Å². The number of nitrogens with zero attached hydrogens (tertiary/aromatic N) is 1. The Balaban J connectivity index is 1.77. The predicted octanol–water partition coefficient (Wildman–Crippen LogP) is -1.23. The number of nitrogens with one attached hydrogen (secondary N) is 1. The fourth-order valence-corrected chi connectivity index (χ4v) is 2.79. The second kappa shape index (κ2) is 7.83. The van der Waals surface area contributed by atoms with E-state index in [1.807, 2.05) is 30.3 Å². The van der Waals surface area contributed by atoms with E-state index in [0.29, 0.717) is 6.42 Å². The Labute approximate surface area is 148 Å². The molecule has 0 aliphatic carbocycles. The van der Waals surface area contributed by atoms with E-state index in [0.717, 1.165) is 16.3 Å². The van der Waals surface area contributed by atoms with E-state index in [9.17, 15) is 19.8 Å². The maximum atomic E-state index is 12.0. The highest BCUT2D eigenvalue weighted by Crippen LogP contribution is 2.28. The molecule has 3 rings (SSSR count). The van der Waals surface area contributed by atoms with E-state index in [1.165, 1.54) is 0 Å². The lowest BCUT2D eigenvalue weighted by atomic mass is 10.1. The van der Waals surface area contributed by atoms with Crippen molar-refractivity contribution in [3.8, 4) is 5.75 Å². The molecule has 1 aliphatic rings. The van der Waals surface area contributed by atoms with E-state index in [1.54, 1.807) is 0 Å². The molecule has 1 saturated heterocycles. The minimum absolute atomic E-state index is 0.113. The van der Waals surface area contributed by atoms with Crippen LogP contribution in [-0.4, -0.2) is 56.4 Å². The zero-order valence-corrected chi connectivity index (χ0v) is 13.8. The lowest BCUT2D eigenvalue weighted by Crippen LogP contribution is -2.38. The summed E-state index contributed by atoms with van der Waals surface area (Å²) in [5.74, 6) is -0.113. The van der Waals surface area contributed by atoms with Gasteiger partial charge in [0.2, 0.25) is 5.75 Å². The van der Waals surface area contributed by atoms with Crippen LogP contribution in [0.1, 0.15) is 11.8 Å². The lowest BCUT2D eigenvalue weighted by molar-refractivity contribution is -0.0553. The van der Waals surface area contributed by atoms with Gasteiger partial charge in [0.25, 0.3) is 5.56 Å². The summed E-state index contributed by atoms with van der Waals surface area (Å²) in [5, 5.41) is 29.0. The first kappa shape index (κ1) is 18.3. The zero-order valence-electron chi connectivity index (χ0n) is 13.8. The number of aromatic amines is 1. The summed E-state index contributed by atoms with van der Waals surface area (Å²) in [6.07, 6.45) is -3.38. The van der Waals surface area contributed by atoms with Gasteiger partial charge in [0, 0.05) is 6.42 Å². The third-order valence-corrected chi connectivity index (χ3v) is 4.22. The highest BCUT2D eigenvalue weighted by Gasteiger charge is 2.43. The van der Waals surface area contributed by atoms with Gasteiger partial charge in [-0.2, -0.15) is 0 Å². The maximum absolute atomic E-state index is 12.0. The fraction of sp³-hybridized carbons (Fsp3) is 0.412. The third kappa shape index (κ3) is 3.70. The standard InChI is InChI=1S/C17H20N2O7/c20-9-12-13(21)14(22)16(26-12)19-8-11(15(23)18-17(19)24)25-7-6-10-4-2-1-3-5-10/h1-5,8,12-14,16,20-22H,6-7,9H2,(H,18,23,24)/t12-,13-,14-,16-/m0/s1. The van der Waals surface area contributed by atoms with E-state index in [-0.39, 0.29) is 12.4 Å². The number of aliphatic hydroxyl groups excluding tert-OH is 3. The molecule has 0 radical (unpaired) electrons. The molecule has 0 saturated carbocycles. The number of aromatic nitrogens is 2. The van der Waals surface area contributed by atoms with Crippen LogP contribution in [0.2, 0.25) is 0 Å².